The Morgan fingerprint density at radius 2 is 2.05 bits per heavy atom. The minimum atomic E-state index is -0.496. The molecule has 0 aliphatic rings. The van der Waals surface area contributed by atoms with E-state index >= 15 is 0 Å². The molecule has 0 spiro atoms. The van der Waals surface area contributed by atoms with Crippen molar-refractivity contribution in [2.24, 2.45) is 0 Å². The van der Waals surface area contributed by atoms with Gasteiger partial charge in [0.15, 0.2) is 0 Å². The van der Waals surface area contributed by atoms with E-state index in [0.717, 1.165) is 23.5 Å². The van der Waals surface area contributed by atoms with Gasteiger partial charge in [0.05, 0.1) is 11.0 Å². The fraction of sp³-hybridized carbons (Fsp3) is 0.533. The van der Waals surface area contributed by atoms with Crippen LogP contribution >= 0.6 is 11.8 Å². The number of nitrogens with zero attached hydrogens (tertiary/aromatic N) is 2. The molecule has 0 aliphatic carbocycles. The Hall–Kier alpha value is -1.58. The molecule has 1 unspecified atom stereocenters. The lowest BCUT2D eigenvalue weighted by molar-refractivity contribution is -0.384. The van der Waals surface area contributed by atoms with Crippen molar-refractivity contribution in [2.45, 2.75) is 50.1 Å². The molecule has 1 aromatic carbocycles. The summed E-state index contributed by atoms with van der Waals surface area (Å²) in [6.45, 7) is 5.98. The van der Waals surface area contributed by atoms with E-state index in [-0.39, 0.29) is 11.7 Å². The van der Waals surface area contributed by atoms with Gasteiger partial charge in [0.25, 0.3) is 5.69 Å². The Morgan fingerprint density at radius 3 is 2.52 bits per heavy atom. The highest BCUT2D eigenvalue weighted by Crippen LogP contribution is 2.23. The van der Waals surface area contributed by atoms with Crippen LogP contribution in [0.5, 0.6) is 0 Å². The molecule has 114 valence electrons. The number of benzene rings is 1. The third-order valence-electron chi connectivity index (χ3n) is 2.99. The molecular weight excluding hydrogens is 286 g/mol. The van der Waals surface area contributed by atoms with Gasteiger partial charge >= 0.3 is 0 Å². The van der Waals surface area contributed by atoms with Crippen LogP contribution in [0.1, 0.15) is 33.6 Å². The van der Waals surface area contributed by atoms with Crippen molar-refractivity contribution in [1.29, 1.82) is 5.26 Å². The zero-order valence-corrected chi connectivity index (χ0v) is 13.4. The third-order valence-corrected chi connectivity index (χ3v) is 4.09. The monoisotopic (exact) mass is 307 g/mol. The smallest absolute Gasteiger partial charge is 0.269 e. The predicted molar refractivity (Wildman–Crippen MR) is 85.3 cm³/mol. The molecule has 1 aromatic rings. The highest BCUT2D eigenvalue weighted by atomic mass is 32.2. The summed E-state index contributed by atoms with van der Waals surface area (Å²) >= 11 is 1.65. The highest BCUT2D eigenvalue weighted by molar-refractivity contribution is 7.99. The molecule has 0 amide bonds. The lowest BCUT2D eigenvalue weighted by atomic mass is 9.97. The van der Waals surface area contributed by atoms with Crippen molar-refractivity contribution in [1.82, 2.24) is 5.32 Å². The fourth-order valence-corrected chi connectivity index (χ4v) is 2.93. The van der Waals surface area contributed by atoms with Crippen LogP contribution in [0.15, 0.2) is 29.2 Å². The van der Waals surface area contributed by atoms with Crippen molar-refractivity contribution in [3.05, 3.63) is 34.4 Å². The zero-order chi connectivity index (χ0) is 15.9. The number of hydrogen-bond acceptors (Lipinski definition) is 5. The van der Waals surface area contributed by atoms with E-state index in [0.29, 0.717) is 0 Å². The second kappa shape index (κ2) is 8.01. The molecule has 0 saturated heterocycles. The Balaban J connectivity index is 2.40. The summed E-state index contributed by atoms with van der Waals surface area (Å²) in [4.78, 5) is 11.2. The Labute approximate surface area is 129 Å². The minimum Gasteiger partial charge on any atom is -0.297 e. The van der Waals surface area contributed by atoms with Crippen LogP contribution in [-0.4, -0.2) is 22.3 Å². The molecule has 0 saturated carbocycles. The van der Waals surface area contributed by atoms with Crippen molar-refractivity contribution in [3.8, 4) is 6.07 Å². The first-order valence-electron chi connectivity index (χ1n) is 6.92. The molecule has 0 fully saturated rings. The average Bonchev–Trinajstić information content (AvgIpc) is 2.43. The topological polar surface area (TPSA) is 79.0 Å². The number of hydrogen-bond donors (Lipinski definition) is 1. The molecule has 6 heteroatoms. The quantitative estimate of drug-likeness (QED) is 0.342. The van der Waals surface area contributed by atoms with Gasteiger partial charge in [-0.2, -0.15) is 5.26 Å². The van der Waals surface area contributed by atoms with Crippen LogP contribution in [0.2, 0.25) is 0 Å². The summed E-state index contributed by atoms with van der Waals surface area (Å²) in [5.74, 6) is 0.884. The Bertz CT molecular complexity index is 511. The van der Waals surface area contributed by atoms with E-state index in [1.165, 1.54) is 12.1 Å². The molecule has 5 nitrogen and oxygen atoms in total. The van der Waals surface area contributed by atoms with Gasteiger partial charge in [-0.15, -0.1) is 11.8 Å². The summed E-state index contributed by atoms with van der Waals surface area (Å²) < 4.78 is 0. The van der Waals surface area contributed by atoms with Gasteiger partial charge in [-0.1, -0.05) is 0 Å². The predicted octanol–water partition coefficient (Wildman–Crippen LogP) is 3.75. The lowest BCUT2D eigenvalue weighted by Gasteiger charge is -2.25. The van der Waals surface area contributed by atoms with Gasteiger partial charge in [0, 0.05) is 23.1 Å². The largest absolute Gasteiger partial charge is 0.297 e. The van der Waals surface area contributed by atoms with E-state index < -0.39 is 10.5 Å². The van der Waals surface area contributed by atoms with Crippen molar-refractivity contribution < 1.29 is 4.92 Å². The first kappa shape index (κ1) is 17.5. The van der Waals surface area contributed by atoms with Gasteiger partial charge in [-0.05, 0) is 51.5 Å². The summed E-state index contributed by atoms with van der Waals surface area (Å²) in [6, 6.07) is 9.16. The first-order chi connectivity index (χ1) is 9.86. The summed E-state index contributed by atoms with van der Waals surface area (Å²) in [7, 11) is 0. The van der Waals surface area contributed by atoms with E-state index in [2.05, 4.69) is 11.4 Å². The number of non-ortho nitro benzene ring substituents is 1. The molecule has 0 radical (unpaired) electrons. The van der Waals surface area contributed by atoms with Gasteiger partial charge in [-0.3, -0.25) is 15.4 Å². The molecule has 0 aliphatic heterocycles. The highest BCUT2D eigenvalue weighted by Gasteiger charge is 2.23. The molecule has 0 heterocycles. The molecular formula is C15H21N3O2S. The lowest BCUT2D eigenvalue weighted by Crippen LogP contribution is -2.44. The van der Waals surface area contributed by atoms with E-state index in [9.17, 15) is 15.4 Å². The number of nitro groups is 1. The maximum atomic E-state index is 10.6. The fourth-order valence-electron chi connectivity index (χ4n) is 2.08. The SMILES string of the molecule is CC(C)NC(C)(C#N)CCCSc1ccc([N+](=O)[O-])cc1. The van der Waals surface area contributed by atoms with Crippen LogP contribution in [0.4, 0.5) is 5.69 Å². The van der Waals surface area contributed by atoms with Crippen molar-refractivity contribution >= 4 is 17.4 Å². The number of nitro benzene ring substituents is 1. The molecule has 1 rings (SSSR count). The van der Waals surface area contributed by atoms with Gasteiger partial charge in [0.2, 0.25) is 0 Å². The van der Waals surface area contributed by atoms with Crippen LogP contribution in [-0.2, 0) is 0 Å². The average molecular weight is 307 g/mol. The second-order valence-corrected chi connectivity index (χ2v) is 6.61. The summed E-state index contributed by atoms with van der Waals surface area (Å²) in [6.07, 6.45) is 1.69. The van der Waals surface area contributed by atoms with Crippen LogP contribution < -0.4 is 5.32 Å². The molecule has 1 atom stereocenters. The molecule has 1 N–H and O–H groups in total. The molecule has 0 aromatic heterocycles. The maximum Gasteiger partial charge on any atom is 0.269 e. The van der Waals surface area contributed by atoms with Gasteiger partial charge < -0.3 is 0 Å². The maximum absolute atomic E-state index is 10.6. The van der Waals surface area contributed by atoms with Crippen molar-refractivity contribution in [3.63, 3.8) is 0 Å². The van der Waals surface area contributed by atoms with E-state index in [1.54, 1.807) is 23.9 Å². The van der Waals surface area contributed by atoms with Crippen molar-refractivity contribution in [2.75, 3.05) is 5.75 Å². The number of nitrogens with one attached hydrogen (secondary N) is 1. The van der Waals surface area contributed by atoms with E-state index in [1.807, 2.05) is 20.8 Å². The van der Waals surface area contributed by atoms with Gasteiger partial charge in [-0.25, -0.2) is 0 Å². The standard InChI is InChI=1S/C15H21N3O2S/c1-12(2)17-15(3,11-16)9-4-10-21-14-7-5-13(6-8-14)18(19)20/h5-8,12,17H,4,9-10H2,1-3H3. The normalized spacial score (nSPS) is 13.7. The molecule has 21 heavy (non-hydrogen) atoms. The molecule has 0 bridgehead atoms. The summed E-state index contributed by atoms with van der Waals surface area (Å²) in [5, 5.41) is 23.1. The number of thioether (sulfide) groups is 1. The minimum absolute atomic E-state index is 0.109. The zero-order valence-electron chi connectivity index (χ0n) is 12.6. The first-order valence-corrected chi connectivity index (χ1v) is 7.91. The third kappa shape index (κ3) is 6.15. The Kier molecular flexibility index (Phi) is 6.66. The number of rotatable bonds is 8. The summed E-state index contributed by atoms with van der Waals surface area (Å²) in [5.41, 5.74) is -0.387. The Morgan fingerprint density at radius 1 is 1.43 bits per heavy atom. The van der Waals surface area contributed by atoms with Gasteiger partial charge in [0.1, 0.15) is 5.54 Å². The van der Waals surface area contributed by atoms with E-state index in [4.69, 9.17) is 0 Å². The van der Waals surface area contributed by atoms with Crippen LogP contribution in [0.25, 0.3) is 0 Å². The number of nitriles is 1. The van der Waals surface area contributed by atoms with Crippen LogP contribution in [0, 0.1) is 21.4 Å². The second-order valence-electron chi connectivity index (χ2n) is 5.45. The van der Waals surface area contributed by atoms with Crippen LogP contribution in [0.3, 0.4) is 0 Å².